The molecule has 170 valence electrons. The molecule has 0 saturated heterocycles. The number of primary sulfonamides is 1. The summed E-state index contributed by atoms with van der Waals surface area (Å²) in [5.74, 6) is 0.614. The van der Waals surface area contributed by atoms with E-state index in [9.17, 15) is 13.5 Å². The third kappa shape index (κ3) is 5.03. The third-order valence-electron chi connectivity index (χ3n) is 4.52. The number of nitrogens with zero attached hydrogens (tertiary/aromatic N) is 3. The number of phenols is 1. The van der Waals surface area contributed by atoms with Gasteiger partial charge in [-0.2, -0.15) is 9.97 Å². The van der Waals surface area contributed by atoms with Gasteiger partial charge in [0.25, 0.3) is 0 Å². The molecule has 0 bridgehead atoms. The fourth-order valence-corrected chi connectivity index (χ4v) is 4.47. The summed E-state index contributed by atoms with van der Waals surface area (Å²) in [5.41, 5.74) is 2.16. The number of nitrogens with two attached hydrogens (primary N) is 1. The number of sulfonamides is 1. The number of nitrogens with one attached hydrogen (secondary N) is 1. The molecule has 4 N–H and O–H groups in total. The van der Waals surface area contributed by atoms with Gasteiger partial charge in [-0.25, -0.2) is 18.5 Å². The smallest absolute Gasteiger partial charge is 0.238 e. The molecule has 0 unspecified atom stereocenters. The van der Waals surface area contributed by atoms with Crippen molar-refractivity contribution in [3.05, 3.63) is 53.9 Å². The van der Waals surface area contributed by atoms with E-state index < -0.39 is 10.0 Å². The Labute approximate surface area is 193 Å². The molecule has 4 aromatic rings. The van der Waals surface area contributed by atoms with Crippen molar-refractivity contribution in [2.45, 2.75) is 4.90 Å². The highest BCUT2D eigenvalue weighted by atomic mass is 32.2. The minimum Gasteiger partial charge on any atom is -0.508 e. The zero-order valence-electron chi connectivity index (χ0n) is 17.5. The summed E-state index contributed by atoms with van der Waals surface area (Å²) >= 11 is 1.35. The van der Waals surface area contributed by atoms with Crippen LogP contribution in [0.5, 0.6) is 17.5 Å². The average molecular weight is 486 g/mol. The van der Waals surface area contributed by atoms with Gasteiger partial charge in [0, 0.05) is 22.2 Å². The maximum Gasteiger partial charge on any atom is 0.238 e. The van der Waals surface area contributed by atoms with Crippen molar-refractivity contribution in [1.82, 2.24) is 15.0 Å². The fraction of sp³-hybridized carbons (Fsp3) is 0.0952. The van der Waals surface area contributed by atoms with Gasteiger partial charge in [-0.05, 0) is 30.3 Å². The van der Waals surface area contributed by atoms with E-state index in [2.05, 4.69) is 20.3 Å². The molecule has 2 aromatic heterocycles. The maximum absolute atomic E-state index is 12.2. The predicted octanol–water partition coefficient (Wildman–Crippen LogP) is 3.38. The number of hydrogen-bond acceptors (Lipinski definition) is 10. The number of methoxy groups -OCH3 is 2. The zero-order valence-corrected chi connectivity index (χ0v) is 19.1. The second kappa shape index (κ2) is 9.02. The summed E-state index contributed by atoms with van der Waals surface area (Å²) in [7, 11) is -1.22. The normalized spacial score (nSPS) is 11.2. The van der Waals surface area contributed by atoms with Gasteiger partial charge >= 0.3 is 0 Å². The van der Waals surface area contributed by atoms with Gasteiger partial charge in [-0.15, -0.1) is 11.3 Å². The van der Waals surface area contributed by atoms with Crippen LogP contribution in [0, 0.1) is 0 Å². The second-order valence-electron chi connectivity index (χ2n) is 6.75. The Morgan fingerprint density at radius 1 is 1.00 bits per heavy atom. The standard InChI is InChI=1S/C21H19N5O5S2/c1-30-18-10-19(31-2)26-20(25-18)15-9-13(6-7-17(15)33(22,28)29)23-21-24-16(11-32-21)12-4-3-5-14(27)8-12/h3-11,27H,1-2H3,(H,23,24)(H2,22,28,29). The molecule has 0 aliphatic carbocycles. The first-order valence-corrected chi connectivity index (χ1v) is 11.9. The van der Waals surface area contributed by atoms with Gasteiger partial charge in [0.1, 0.15) is 5.75 Å². The predicted molar refractivity (Wildman–Crippen MR) is 124 cm³/mol. The minimum absolute atomic E-state index is 0.0680. The lowest BCUT2D eigenvalue weighted by Gasteiger charge is -2.12. The summed E-state index contributed by atoms with van der Waals surface area (Å²) in [6.45, 7) is 0. The van der Waals surface area contributed by atoms with Gasteiger partial charge in [-0.1, -0.05) is 12.1 Å². The molecule has 12 heteroatoms. The van der Waals surface area contributed by atoms with E-state index in [1.54, 1.807) is 30.3 Å². The van der Waals surface area contributed by atoms with E-state index >= 15 is 0 Å². The molecule has 0 fully saturated rings. The van der Waals surface area contributed by atoms with Crippen LogP contribution in [0.25, 0.3) is 22.6 Å². The fourth-order valence-electron chi connectivity index (χ4n) is 3.02. The van der Waals surface area contributed by atoms with Crippen molar-refractivity contribution in [2.75, 3.05) is 19.5 Å². The molecule has 0 amide bonds. The quantitative estimate of drug-likeness (QED) is 0.358. The van der Waals surface area contributed by atoms with Crippen LogP contribution in [0.1, 0.15) is 0 Å². The second-order valence-corrected chi connectivity index (χ2v) is 9.13. The van der Waals surface area contributed by atoms with Crippen molar-refractivity contribution >= 4 is 32.2 Å². The Morgan fingerprint density at radius 2 is 1.73 bits per heavy atom. The van der Waals surface area contributed by atoms with Gasteiger partial charge in [0.2, 0.25) is 21.8 Å². The van der Waals surface area contributed by atoms with E-state index in [4.69, 9.17) is 14.6 Å². The summed E-state index contributed by atoms with van der Waals surface area (Å²) in [6.07, 6.45) is 0. The van der Waals surface area contributed by atoms with Crippen molar-refractivity contribution in [1.29, 1.82) is 0 Å². The first kappa shape index (κ1) is 22.5. The maximum atomic E-state index is 12.2. The number of thiazole rings is 1. The SMILES string of the molecule is COc1cc(OC)nc(-c2cc(Nc3nc(-c4cccc(O)c4)cs3)ccc2S(N)(=O)=O)n1. The lowest BCUT2D eigenvalue weighted by molar-refractivity contribution is 0.372. The Balaban J connectivity index is 1.73. The number of ether oxygens (including phenoxy) is 2. The zero-order chi connectivity index (χ0) is 23.6. The monoisotopic (exact) mass is 485 g/mol. The molecule has 10 nitrogen and oxygen atoms in total. The highest BCUT2D eigenvalue weighted by Crippen LogP contribution is 2.33. The van der Waals surface area contributed by atoms with Crippen molar-refractivity contribution in [3.63, 3.8) is 0 Å². The molecule has 0 spiro atoms. The Morgan fingerprint density at radius 3 is 2.36 bits per heavy atom. The molecular weight excluding hydrogens is 466 g/mol. The first-order chi connectivity index (χ1) is 15.8. The van der Waals surface area contributed by atoms with Crippen molar-refractivity contribution in [3.8, 4) is 40.2 Å². The van der Waals surface area contributed by atoms with Crippen LogP contribution in [0.15, 0.2) is 58.8 Å². The highest BCUT2D eigenvalue weighted by Gasteiger charge is 2.20. The summed E-state index contributed by atoms with van der Waals surface area (Å²) in [4.78, 5) is 12.9. The van der Waals surface area contributed by atoms with Crippen LogP contribution < -0.4 is 19.9 Å². The third-order valence-corrected chi connectivity index (χ3v) is 6.25. The number of rotatable bonds is 7. The summed E-state index contributed by atoms with van der Waals surface area (Å²) in [6, 6.07) is 12.7. The molecular formula is C21H19N5O5S2. The van der Waals surface area contributed by atoms with E-state index in [1.165, 1.54) is 37.7 Å². The molecule has 0 aliphatic rings. The highest BCUT2D eigenvalue weighted by molar-refractivity contribution is 7.89. The lowest BCUT2D eigenvalue weighted by atomic mass is 10.1. The minimum atomic E-state index is -4.07. The van der Waals surface area contributed by atoms with Crippen LogP contribution in [0.2, 0.25) is 0 Å². The van der Waals surface area contributed by atoms with Crippen LogP contribution >= 0.6 is 11.3 Å². The van der Waals surface area contributed by atoms with E-state index in [-0.39, 0.29) is 33.8 Å². The van der Waals surface area contributed by atoms with Crippen molar-refractivity contribution < 1.29 is 23.0 Å². The number of hydrogen-bond donors (Lipinski definition) is 3. The number of anilines is 2. The topological polar surface area (TPSA) is 150 Å². The molecule has 2 aromatic carbocycles. The molecule has 0 radical (unpaired) electrons. The van der Waals surface area contributed by atoms with Gasteiger partial charge in [0.15, 0.2) is 11.0 Å². The number of phenolic OH excluding ortho intramolecular Hbond substituents is 1. The Bertz CT molecular complexity index is 1400. The Hall–Kier alpha value is -3.74. The van der Waals surface area contributed by atoms with E-state index in [1.807, 2.05) is 11.4 Å². The van der Waals surface area contributed by atoms with Gasteiger partial charge in [-0.3, -0.25) is 0 Å². The number of aromatic nitrogens is 3. The lowest BCUT2D eigenvalue weighted by Crippen LogP contribution is -2.14. The molecule has 0 atom stereocenters. The number of aromatic hydroxyl groups is 1. The van der Waals surface area contributed by atoms with Gasteiger partial charge in [0.05, 0.1) is 30.9 Å². The van der Waals surface area contributed by atoms with Gasteiger partial charge < -0.3 is 19.9 Å². The van der Waals surface area contributed by atoms with E-state index in [0.717, 1.165) is 5.56 Å². The Kier molecular flexibility index (Phi) is 6.14. The molecule has 33 heavy (non-hydrogen) atoms. The largest absolute Gasteiger partial charge is 0.508 e. The molecule has 2 heterocycles. The van der Waals surface area contributed by atoms with Crippen LogP contribution in [-0.4, -0.2) is 42.7 Å². The average Bonchev–Trinajstić information content (AvgIpc) is 3.26. The van der Waals surface area contributed by atoms with E-state index in [0.29, 0.717) is 16.5 Å². The van der Waals surface area contributed by atoms with Crippen molar-refractivity contribution in [2.24, 2.45) is 5.14 Å². The first-order valence-electron chi connectivity index (χ1n) is 9.43. The molecule has 0 aliphatic heterocycles. The summed E-state index contributed by atoms with van der Waals surface area (Å²) in [5, 5.41) is 20.7. The van der Waals surface area contributed by atoms with Crippen LogP contribution in [-0.2, 0) is 10.0 Å². The summed E-state index contributed by atoms with van der Waals surface area (Å²) < 4.78 is 34.7. The number of benzene rings is 2. The van der Waals surface area contributed by atoms with Crippen LogP contribution in [0.4, 0.5) is 10.8 Å². The van der Waals surface area contributed by atoms with Crippen LogP contribution in [0.3, 0.4) is 0 Å². The molecule has 4 rings (SSSR count). The molecule has 0 saturated carbocycles.